The molecule has 3 atom stereocenters. The predicted molar refractivity (Wildman–Crippen MR) is 180 cm³/mol. The van der Waals surface area contributed by atoms with Crippen LogP contribution in [-0.4, -0.2) is 73.4 Å². The first-order valence-electron chi connectivity index (χ1n) is 16.5. The summed E-state index contributed by atoms with van der Waals surface area (Å²) in [6.07, 6.45) is 30.5. The molecule has 0 fully saturated rings. The van der Waals surface area contributed by atoms with Gasteiger partial charge < -0.3 is 19.8 Å². The largest absolute Gasteiger partial charge is 0.472 e. The van der Waals surface area contributed by atoms with E-state index in [2.05, 4.69) is 55.6 Å². The zero-order chi connectivity index (χ0) is 32.2. The summed E-state index contributed by atoms with van der Waals surface area (Å²) in [5, 5.41) is 13.5. The Morgan fingerprint density at radius 1 is 0.791 bits per heavy atom. The fourth-order valence-electron chi connectivity index (χ4n) is 4.02. The fraction of sp³-hybridized carbons (Fsp3) is 0.735. The van der Waals surface area contributed by atoms with Gasteiger partial charge in [0, 0.05) is 6.42 Å². The van der Waals surface area contributed by atoms with Gasteiger partial charge in [-0.15, -0.1) is 0 Å². The van der Waals surface area contributed by atoms with E-state index in [0.717, 1.165) is 70.6 Å². The molecule has 0 heterocycles. The molecule has 0 bridgehead atoms. The molecule has 0 aromatic rings. The molecule has 0 rings (SSSR count). The number of rotatable bonds is 28. The highest BCUT2D eigenvalue weighted by molar-refractivity contribution is 7.47. The number of unbranched alkanes of at least 4 members (excludes halogenated alkanes) is 9. The maximum atomic E-state index is 12.7. The van der Waals surface area contributed by atoms with Gasteiger partial charge in [-0.3, -0.25) is 13.8 Å². The Hall–Kier alpha value is -1.54. The zero-order valence-corrected chi connectivity index (χ0v) is 28.8. The number of nitrogens with zero attached hydrogens (tertiary/aromatic N) is 1. The lowest BCUT2D eigenvalue weighted by Crippen LogP contribution is -2.45. The summed E-state index contributed by atoms with van der Waals surface area (Å²) >= 11 is 0. The molecule has 1 amide bonds. The molecule has 9 heteroatoms. The van der Waals surface area contributed by atoms with Crippen molar-refractivity contribution in [2.75, 3.05) is 40.9 Å². The van der Waals surface area contributed by atoms with E-state index >= 15 is 0 Å². The number of hydrogen-bond donors (Lipinski definition) is 3. The molecule has 0 saturated heterocycles. The number of nitrogens with one attached hydrogen (secondary N) is 1. The SMILES string of the molecule is CCC/C=C/CC/C=C/C(O)C(COP(=O)(O)OCC[N+](C)(C)C)NC(=O)CCCCCCC/C=C\C/C=C\CCCC. The molecule has 0 aromatic carbocycles. The fourth-order valence-corrected chi connectivity index (χ4v) is 4.75. The third kappa shape index (κ3) is 29.0. The number of carbonyl (C=O) groups is 1. The highest BCUT2D eigenvalue weighted by atomic mass is 31.2. The minimum atomic E-state index is -4.33. The maximum Gasteiger partial charge on any atom is 0.472 e. The average molecular weight is 628 g/mol. The van der Waals surface area contributed by atoms with E-state index in [1.807, 2.05) is 27.2 Å². The number of quaternary nitrogens is 1. The van der Waals surface area contributed by atoms with E-state index in [1.54, 1.807) is 6.08 Å². The summed E-state index contributed by atoms with van der Waals surface area (Å²) in [5.74, 6) is -0.211. The standard InChI is InChI=1S/C34H63N2O6P/c1-6-8-10-12-14-15-16-17-18-19-20-22-24-26-28-34(38)35-32(33(37)27-25-23-21-13-11-9-7-2)31-42-43(39,40)41-30-29-36(3,4)5/h11-14,16-17,25,27,32-33,37H,6-10,15,18-24,26,28-31H2,1-5H3,(H-,35,38,39,40)/p+1/b13-11+,14-12-,17-16-,27-25+. The third-order valence-electron chi connectivity index (χ3n) is 6.75. The number of carbonyl (C=O) groups excluding carboxylic acids is 1. The van der Waals surface area contributed by atoms with Gasteiger partial charge in [0.2, 0.25) is 5.91 Å². The van der Waals surface area contributed by atoms with Gasteiger partial charge in [-0.05, 0) is 51.4 Å². The van der Waals surface area contributed by atoms with Crippen LogP contribution in [-0.2, 0) is 18.4 Å². The van der Waals surface area contributed by atoms with Crippen molar-refractivity contribution in [3.05, 3.63) is 48.6 Å². The number of phosphoric acid groups is 1. The Morgan fingerprint density at radius 3 is 2.07 bits per heavy atom. The van der Waals surface area contributed by atoms with Crippen molar-refractivity contribution >= 4 is 13.7 Å². The zero-order valence-electron chi connectivity index (χ0n) is 27.9. The molecule has 0 spiro atoms. The Bertz CT molecular complexity index is 850. The van der Waals surface area contributed by atoms with Crippen molar-refractivity contribution in [1.29, 1.82) is 0 Å². The molecular formula is C34H64N2O6P+. The number of likely N-dealkylation sites (N-methyl/N-ethyl adjacent to an activating group) is 1. The van der Waals surface area contributed by atoms with E-state index in [0.29, 0.717) is 17.4 Å². The van der Waals surface area contributed by atoms with Gasteiger partial charge in [-0.25, -0.2) is 4.57 Å². The summed E-state index contributed by atoms with van der Waals surface area (Å²) in [5.41, 5.74) is 0. The van der Waals surface area contributed by atoms with Gasteiger partial charge in [0.15, 0.2) is 0 Å². The second-order valence-electron chi connectivity index (χ2n) is 12.2. The van der Waals surface area contributed by atoms with Crippen LogP contribution in [0.5, 0.6) is 0 Å². The van der Waals surface area contributed by atoms with E-state index in [9.17, 15) is 19.4 Å². The molecule has 250 valence electrons. The van der Waals surface area contributed by atoms with Crippen molar-refractivity contribution in [2.24, 2.45) is 0 Å². The number of hydrogen-bond acceptors (Lipinski definition) is 5. The van der Waals surface area contributed by atoms with Gasteiger partial charge >= 0.3 is 7.82 Å². The van der Waals surface area contributed by atoms with Crippen LogP contribution in [0.2, 0.25) is 0 Å². The molecule has 0 aliphatic heterocycles. The lowest BCUT2D eigenvalue weighted by atomic mass is 10.1. The molecule has 0 aliphatic carbocycles. The highest BCUT2D eigenvalue weighted by Crippen LogP contribution is 2.43. The number of aliphatic hydroxyl groups is 1. The van der Waals surface area contributed by atoms with Crippen LogP contribution in [0.4, 0.5) is 0 Å². The van der Waals surface area contributed by atoms with Crippen LogP contribution < -0.4 is 5.32 Å². The lowest BCUT2D eigenvalue weighted by molar-refractivity contribution is -0.870. The minimum Gasteiger partial charge on any atom is -0.387 e. The van der Waals surface area contributed by atoms with E-state index < -0.39 is 20.0 Å². The summed E-state index contributed by atoms with van der Waals surface area (Å²) < 4.78 is 23.2. The number of aliphatic hydroxyl groups excluding tert-OH is 1. The molecule has 8 nitrogen and oxygen atoms in total. The predicted octanol–water partition coefficient (Wildman–Crippen LogP) is 7.79. The van der Waals surface area contributed by atoms with Crippen LogP contribution in [0.3, 0.4) is 0 Å². The number of allylic oxidation sites excluding steroid dienone is 7. The second-order valence-corrected chi connectivity index (χ2v) is 13.6. The molecular weight excluding hydrogens is 563 g/mol. The Kier molecular flexibility index (Phi) is 25.9. The third-order valence-corrected chi connectivity index (χ3v) is 7.74. The van der Waals surface area contributed by atoms with Gasteiger partial charge in [0.25, 0.3) is 0 Å². The monoisotopic (exact) mass is 627 g/mol. The molecule has 0 aromatic heterocycles. The Labute approximate surface area is 263 Å². The molecule has 3 unspecified atom stereocenters. The van der Waals surface area contributed by atoms with Crippen molar-refractivity contribution in [3.8, 4) is 0 Å². The van der Waals surface area contributed by atoms with E-state index in [1.165, 1.54) is 19.3 Å². The number of phosphoric ester groups is 1. The first kappa shape index (κ1) is 41.5. The van der Waals surface area contributed by atoms with Gasteiger partial charge in [-0.2, -0.15) is 0 Å². The summed E-state index contributed by atoms with van der Waals surface area (Å²) in [4.78, 5) is 22.8. The molecule has 0 aliphatic rings. The van der Waals surface area contributed by atoms with Gasteiger partial charge in [0.1, 0.15) is 13.2 Å². The van der Waals surface area contributed by atoms with Crippen LogP contribution in [0.25, 0.3) is 0 Å². The Morgan fingerprint density at radius 2 is 1.40 bits per heavy atom. The van der Waals surface area contributed by atoms with Crippen LogP contribution >= 0.6 is 7.82 Å². The smallest absolute Gasteiger partial charge is 0.387 e. The van der Waals surface area contributed by atoms with Crippen molar-refractivity contribution in [2.45, 2.75) is 122 Å². The normalized spacial score (nSPS) is 15.6. The highest BCUT2D eigenvalue weighted by Gasteiger charge is 2.27. The van der Waals surface area contributed by atoms with Crippen LogP contribution in [0, 0.1) is 0 Å². The molecule has 43 heavy (non-hydrogen) atoms. The molecule has 0 saturated carbocycles. The van der Waals surface area contributed by atoms with Crippen molar-refractivity contribution in [3.63, 3.8) is 0 Å². The maximum absolute atomic E-state index is 12.7. The van der Waals surface area contributed by atoms with Crippen molar-refractivity contribution in [1.82, 2.24) is 5.32 Å². The molecule has 3 N–H and O–H groups in total. The first-order chi connectivity index (χ1) is 20.5. The van der Waals surface area contributed by atoms with E-state index in [4.69, 9.17) is 9.05 Å². The summed E-state index contributed by atoms with van der Waals surface area (Å²) in [7, 11) is 1.53. The first-order valence-corrected chi connectivity index (χ1v) is 18.0. The van der Waals surface area contributed by atoms with Gasteiger partial charge in [-0.1, -0.05) is 101 Å². The van der Waals surface area contributed by atoms with Crippen LogP contribution in [0.1, 0.15) is 110 Å². The Balaban J connectivity index is 4.59. The van der Waals surface area contributed by atoms with Gasteiger partial charge in [0.05, 0.1) is 39.9 Å². The van der Waals surface area contributed by atoms with E-state index in [-0.39, 0.29) is 19.1 Å². The van der Waals surface area contributed by atoms with Crippen LogP contribution in [0.15, 0.2) is 48.6 Å². The average Bonchev–Trinajstić information content (AvgIpc) is 2.94. The topological polar surface area (TPSA) is 105 Å². The lowest BCUT2D eigenvalue weighted by Gasteiger charge is -2.25. The quantitative estimate of drug-likeness (QED) is 0.0354. The minimum absolute atomic E-state index is 0.0507. The van der Waals surface area contributed by atoms with Crippen molar-refractivity contribution < 1.29 is 32.9 Å². The molecule has 0 radical (unpaired) electrons. The summed E-state index contributed by atoms with van der Waals surface area (Å²) in [6, 6.07) is -0.866. The summed E-state index contributed by atoms with van der Waals surface area (Å²) in [6.45, 7) is 4.58. The number of amides is 1. The second kappa shape index (κ2) is 26.8.